The van der Waals surface area contributed by atoms with E-state index in [9.17, 15) is 14.9 Å². The molecule has 2 heterocycles. The lowest BCUT2D eigenvalue weighted by Crippen LogP contribution is -2.19. The lowest BCUT2D eigenvalue weighted by molar-refractivity contribution is -0.384. The zero-order valence-corrected chi connectivity index (χ0v) is 21.1. The maximum absolute atomic E-state index is 12.8. The molecule has 4 aromatic rings. The molecule has 5 rings (SSSR count). The smallest absolute Gasteiger partial charge is 0.269 e. The van der Waals surface area contributed by atoms with E-state index in [1.54, 1.807) is 18.2 Å². The number of amidine groups is 1. The summed E-state index contributed by atoms with van der Waals surface area (Å²) in [6.07, 6.45) is 1.90. The Morgan fingerprint density at radius 3 is 2.58 bits per heavy atom. The van der Waals surface area contributed by atoms with Gasteiger partial charge in [0.05, 0.1) is 15.5 Å². The van der Waals surface area contributed by atoms with E-state index in [4.69, 9.17) is 11.6 Å². The molecular formula is C27H21ClN4O3S. The maximum atomic E-state index is 12.8. The standard InChI is InChI=1S/C27H21ClN4O3S/c1-16-7-10-19(13-23(16)28)29-27-30-26(33)25(36-27)14-22-17(2)31(24-6-4-3-5-21(22)24)15-18-8-11-20(12-9-18)32(34)35/h3-14H,15H2,1-2H3,(H,29,30,33)/b25-14-. The number of thioether (sulfide) groups is 1. The molecule has 9 heteroatoms. The average molecular weight is 517 g/mol. The number of rotatable bonds is 5. The molecule has 3 aromatic carbocycles. The molecule has 1 amide bonds. The summed E-state index contributed by atoms with van der Waals surface area (Å²) in [5.41, 5.74) is 5.61. The Morgan fingerprint density at radius 1 is 1.11 bits per heavy atom. The molecule has 180 valence electrons. The minimum atomic E-state index is -0.403. The summed E-state index contributed by atoms with van der Waals surface area (Å²) in [5, 5.41) is 16.0. The summed E-state index contributed by atoms with van der Waals surface area (Å²) in [4.78, 5) is 28.4. The fourth-order valence-electron chi connectivity index (χ4n) is 4.13. The highest BCUT2D eigenvalue weighted by Gasteiger charge is 2.25. The van der Waals surface area contributed by atoms with E-state index < -0.39 is 4.92 Å². The number of non-ortho nitro benzene ring substituents is 1. The molecule has 1 N–H and O–H groups in total. The van der Waals surface area contributed by atoms with E-state index in [-0.39, 0.29) is 11.6 Å². The van der Waals surface area contributed by atoms with E-state index in [1.807, 2.05) is 56.3 Å². The van der Waals surface area contributed by atoms with Crippen molar-refractivity contribution in [3.05, 3.63) is 109 Å². The van der Waals surface area contributed by atoms with E-state index in [0.717, 1.165) is 33.3 Å². The van der Waals surface area contributed by atoms with Crippen molar-refractivity contribution in [2.45, 2.75) is 20.4 Å². The predicted octanol–water partition coefficient (Wildman–Crippen LogP) is 6.76. The minimum absolute atomic E-state index is 0.0629. The Kier molecular flexibility index (Phi) is 6.38. The second kappa shape index (κ2) is 9.64. The SMILES string of the molecule is Cc1ccc(N=C2NC(=O)/C(=C/c3c(C)n(Cc4ccc([N+](=O)[O-])cc4)c4ccccc34)S2)cc1Cl. The molecule has 1 fully saturated rings. The van der Waals surface area contributed by atoms with Crippen molar-refractivity contribution in [1.29, 1.82) is 0 Å². The van der Waals surface area contributed by atoms with Crippen molar-refractivity contribution < 1.29 is 9.72 Å². The molecule has 1 saturated heterocycles. The Hall–Kier alpha value is -3.88. The first-order valence-electron chi connectivity index (χ1n) is 11.2. The number of nitrogens with one attached hydrogen (secondary N) is 1. The second-order valence-corrected chi connectivity index (χ2v) is 9.88. The molecule has 0 atom stereocenters. The molecular weight excluding hydrogens is 496 g/mol. The molecule has 7 nitrogen and oxygen atoms in total. The second-order valence-electron chi connectivity index (χ2n) is 8.44. The van der Waals surface area contributed by atoms with Crippen LogP contribution in [0, 0.1) is 24.0 Å². The monoisotopic (exact) mass is 516 g/mol. The van der Waals surface area contributed by atoms with E-state index in [2.05, 4.69) is 14.9 Å². The first kappa shape index (κ1) is 23.8. The van der Waals surface area contributed by atoms with Gasteiger partial charge in [0.15, 0.2) is 5.17 Å². The minimum Gasteiger partial charge on any atom is -0.340 e. The zero-order valence-electron chi connectivity index (χ0n) is 19.5. The number of halogens is 1. The third kappa shape index (κ3) is 4.65. The molecule has 1 aliphatic heterocycles. The molecule has 1 aromatic heterocycles. The third-order valence-electron chi connectivity index (χ3n) is 6.08. The lowest BCUT2D eigenvalue weighted by atomic mass is 10.1. The molecule has 0 radical (unpaired) electrons. The Labute approximate surface area is 216 Å². The summed E-state index contributed by atoms with van der Waals surface area (Å²) < 4.78 is 2.16. The van der Waals surface area contributed by atoms with Gasteiger partial charge in [-0.05, 0) is 61.0 Å². The van der Waals surface area contributed by atoms with Gasteiger partial charge in [0.1, 0.15) is 0 Å². The number of benzene rings is 3. The predicted molar refractivity (Wildman–Crippen MR) is 146 cm³/mol. The van der Waals surface area contributed by atoms with Gasteiger partial charge >= 0.3 is 0 Å². The molecule has 36 heavy (non-hydrogen) atoms. The number of carbonyl (C=O) groups is 1. The number of nitro groups is 1. The fourth-order valence-corrected chi connectivity index (χ4v) is 5.13. The van der Waals surface area contributed by atoms with Crippen LogP contribution in [0.15, 0.2) is 76.6 Å². The van der Waals surface area contributed by atoms with Crippen molar-refractivity contribution in [2.24, 2.45) is 4.99 Å². The molecule has 0 saturated carbocycles. The van der Waals surface area contributed by atoms with Gasteiger partial charge in [0.2, 0.25) is 0 Å². The van der Waals surface area contributed by atoms with E-state index >= 15 is 0 Å². The highest BCUT2D eigenvalue weighted by atomic mass is 35.5. The molecule has 0 aliphatic carbocycles. The summed E-state index contributed by atoms with van der Waals surface area (Å²) in [6.45, 7) is 4.49. The fraction of sp³-hybridized carbons (Fsp3) is 0.111. The van der Waals surface area contributed by atoms with Crippen LogP contribution in [0.5, 0.6) is 0 Å². The number of aryl methyl sites for hydroxylation is 1. The average Bonchev–Trinajstić information content (AvgIpc) is 3.33. The van der Waals surface area contributed by atoms with Gasteiger partial charge in [-0.25, -0.2) is 4.99 Å². The molecule has 1 aliphatic rings. The van der Waals surface area contributed by atoms with Gasteiger partial charge in [0.25, 0.3) is 11.6 Å². The number of nitrogens with zero attached hydrogens (tertiary/aromatic N) is 3. The maximum Gasteiger partial charge on any atom is 0.269 e. The van der Waals surface area contributed by atoms with Crippen LogP contribution in [0.25, 0.3) is 17.0 Å². The van der Waals surface area contributed by atoms with Crippen molar-refractivity contribution in [2.75, 3.05) is 0 Å². The van der Waals surface area contributed by atoms with E-state index in [1.165, 1.54) is 23.9 Å². The number of nitro benzene ring substituents is 1. The van der Waals surface area contributed by atoms with Crippen molar-refractivity contribution >= 4 is 62.8 Å². The topological polar surface area (TPSA) is 89.5 Å². The van der Waals surface area contributed by atoms with Gasteiger partial charge in [-0.2, -0.15) is 0 Å². The number of carbonyl (C=O) groups excluding carboxylic acids is 1. The van der Waals surface area contributed by atoms with Gasteiger partial charge in [-0.15, -0.1) is 0 Å². The quantitative estimate of drug-likeness (QED) is 0.180. The van der Waals surface area contributed by atoms with Gasteiger partial charge in [-0.1, -0.05) is 48.0 Å². The van der Waals surface area contributed by atoms with Crippen LogP contribution in [0.4, 0.5) is 11.4 Å². The number of aromatic nitrogens is 1. The zero-order chi connectivity index (χ0) is 25.4. The summed E-state index contributed by atoms with van der Waals surface area (Å²) in [7, 11) is 0. The highest BCUT2D eigenvalue weighted by molar-refractivity contribution is 8.18. The summed E-state index contributed by atoms with van der Waals surface area (Å²) in [5.74, 6) is -0.205. The van der Waals surface area contributed by atoms with E-state index in [0.29, 0.717) is 27.3 Å². The molecule has 0 unspecified atom stereocenters. The van der Waals surface area contributed by atoms with Crippen LogP contribution in [-0.2, 0) is 11.3 Å². The van der Waals surface area contributed by atoms with Crippen LogP contribution in [0.3, 0.4) is 0 Å². The normalized spacial score (nSPS) is 15.7. The van der Waals surface area contributed by atoms with Crippen molar-refractivity contribution in [3.63, 3.8) is 0 Å². The number of hydrogen-bond donors (Lipinski definition) is 1. The first-order chi connectivity index (χ1) is 17.3. The van der Waals surface area contributed by atoms with Crippen molar-refractivity contribution in [3.8, 4) is 0 Å². The molecule has 0 bridgehead atoms. The third-order valence-corrected chi connectivity index (χ3v) is 7.40. The van der Waals surface area contributed by atoms with Gasteiger partial charge in [0, 0.05) is 45.9 Å². The van der Waals surface area contributed by atoms with Crippen LogP contribution < -0.4 is 5.32 Å². The number of hydrogen-bond acceptors (Lipinski definition) is 5. The Bertz CT molecular complexity index is 1590. The van der Waals surface area contributed by atoms with Gasteiger partial charge < -0.3 is 9.88 Å². The number of fused-ring (bicyclic) bond motifs is 1. The first-order valence-corrected chi connectivity index (χ1v) is 12.4. The van der Waals surface area contributed by atoms with Crippen LogP contribution in [-0.4, -0.2) is 20.6 Å². The van der Waals surface area contributed by atoms with Crippen molar-refractivity contribution in [1.82, 2.24) is 9.88 Å². The largest absolute Gasteiger partial charge is 0.340 e. The lowest BCUT2D eigenvalue weighted by Gasteiger charge is -2.09. The van der Waals surface area contributed by atoms with Crippen LogP contribution >= 0.6 is 23.4 Å². The molecule has 0 spiro atoms. The Balaban J connectivity index is 1.49. The highest BCUT2D eigenvalue weighted by Crippen LogP contribution is 2.34. The van der Waals surface area contributed by atoms with Gasteiger partial charge in [-0.3, -0.25) is 14.9 Å². The van der Waals surface area contributed by atoms with Crippen LogP contribution in [0.1, 0.15) is 22.4 Å². The Morgan fingerprint density at radius 2 is 1.86 bits per heavy atom. The number of aliphatic imine (C=N–C) groups is 1. The summed E-state index contributed by atoms with van der Waals surface area (Å²) in [6, 6.07) is 20.1. The number of amides is 1. The summed E-state index contributed by atoms with van der Waals surface area (Å²) >= 11 is 7.50. The van der Waals surface area contributed by atoms with Crippen LogP contribution in [0.2, 0.25) is 5.02 Å². The number of para-hydroxylation sites is 1.